The van der Waals surface area contributed by atoms with Gasteiger partial charge in [0.05, 0.1) is 10.6 Å². The Morgan fingerprint density at radius 3 is 2.61 bits per heavy atom. The smallest absolute Gasteiger partial charge is 0.143 e. The Hall–Kier alpha value is -0.480. The molecule has 0 aromatic heterocycles. The number of rotatable bonds is 3. The highest BCUT2D eigenvalue weighted by Gasteiger charge is 2.55. The van der Waals surface area contributed by atoms with Crippen molar-refractivity contribution in [2.24, 2.45) is 17.8 Å². The molecule has 3 unspecified atom stereocenters. The molecule has 1 nitrogen and oxygen atoms in total. The first kappa shape index (κ1) is 12.5. The molecule has 18 heavy (non-hydrogen) atoms. The number of aliphatic hydroxyl groups is 1. The molecule has 2 saturated carbocycles. The topological polar surface area (TPSA) is 20.2 Å². The maximum Gasteiger partial charge on any atom is 0.143 e. The van der Waals surface area contributed by atoms with E-state index < -0.39 is 17.7 Å². The lowest BCUT2D eigenvalue weighted by molar-refractivity contribution is 0.133. The van der Waals surface area contributed by atoms with E-state index in [1.54, 1.807) is 0 Å². The molecule has 0 heterocycles. The molecule has 2 fully saturated rings. The molecule has 0 radical (unpaired) electrons. The Kier molecular flexibility index (Phi) is 3.18. The van der Waals surface area contributed by atoms with E-state index >= 15 is 0 Å². The van der Waals surface area contributed by atoms with Gasteiger partial charge in [-0.2, -0.15) is 0 Å². The zero-order valence-corrected chi connectivity index (χ0v) is 11.5. The van der Waals surface area contributed by atoms with Gasteiger partial charge in [-0.1, -0.05) is 6.42 Å². The van der Waals surface area contributed by atoms with Gasteiger partial charge < -0.3 is 5.11 Å². The van der Waals surface area contributed by atoms with Gasteiger partial charge in [0.25, 0.3) is 0 Å². The van der Waals surface area contributed by atoms with Gasteiger partial charge in [-0.15, -0.1) is 0 Å². The summed E-state index contributed by atoms with van der Waals surface area (Å²) in [5, 5.41) is 10.1. The first-order chi connectivity index (χ1) is 8.59. The number of aliphatic hydroxyl groups excluding tert-OH is 1. The molecular formula is C14H15BrF2O. The van der Waals surface area contributed by atoms with E-state index in [4.69, 9.17) is 0 Å². The summed E-state index contributed by atoms with van der Waals surface area (Å²) in [5.41, 5.74) is 0.00171. The summed E-state index contributed by atoms with van der Waals surface area (Å²) in [5.74, 6) is 0.300. The van der Waals surface area contributed by atoms with Crippen LogP contribution in [0.25, 0.3) is 0 Å². The third-order valence-electron chi connectivity index (χ3n) is 4.47. The lowest BCUT2D eigenvalue weighted by atomic mass is 9.99. The van der Waals surface area contributed by atoms with E-state index in [1.165, 1.54) is 18.6 Å². The van der Waals surface area contributed by atoms with Gasteiger partial charge in [0.15, 0.2) is 0 Å². The summed E-state index contributed by atoms with van der Waals surface area (Å²) in [4.78, 5) is 0. The second-order valence-corrected chi connectivity index (χ2v) is 6.28. The van der Waals surface area contributed by atoms with E-state index in [9.17, 15) is 13.9 Å². The highest BCUT2D eigenvalue weighted by molar-refractivity contribution is 9.10. The van der Waals surface area contributed by atoms with E-state index in [0.717, 1.165) is 12.8 Å². The molecule has 0 bridgehead atoms. The van der Waals surface area contributed by atoms with E-state index in [0.29, 0.717) is 11.8 Å². The van der Waals surface area contributed by atoms with Gasteiger partial charge in [-0.3, -0.25) is 0 Å². The highest BCUT2D eigenvalue weighted by atomic mass is 79.9. The third kappa shape index (κ3) is 1.99. The molecule has 1 aromatic carbocycles. The van der Waals surface area contributed by atoms with Crippen LogP contribution >= 0.6 is 15.9 Å². The second kappa shape index (κ2) is 4.57. The maximum atomic E-state index is 13.8. The Morgan fingerprint density at radius 2 is 1.94 bits per heavy atom. The van der Waals surface area contributed by atoms with Crippen molar-refractivity contribution < 1.29 is 13.9 Å². The number of halogens is 3. The predicted molar refractivity (Wildman–Crippen MR) is 68.1 cm³/mol. The van der Waals surface area contributed by atoms with Crippen LogP contribution in [-0.2, 0) is 6.42 Å². The number of hydrogen-bond donors (Lipinski definition) is 1. The van der Waals surface area contributed by atoms with Crippen molar-refractivity contribution in [2.45, 2.75) is 31.8 Å². The van der Waals surface area contributed by atoms with Gasteiger partial charge in [-0.05, 0) is 58.7 Å². The molecule has 0 amide bonds. The minimum atomic E-state index is -0.612. The standard InChI is InChI=1S/C14H15BrF2O/c15-10-4-5-11(16)9(14(10)17)6-12(18)13-7-2-1-3-8(7)13/h4-5,7-8,12-13,18H,1-3,6H2. The van der Waals surface area contributed by atoms with Gasteiger partial charge in [0, 0.05) is 12.0 Å². The van der Waals surface area contributed by atoms with Crippen LogP contribution in [-0.4, -0.2) is 11.2 Å². The minimum absolute atomic E-state index is 0.00171. The molecule has 0 saturated heterocycles. The van der Waals surface area contributed by atoms with Crippen molar-refractivity contribution in [3.05, 3.63) is 33.8 Å². The zero-order valence-electron chi connectivity index (χ0n) is 9.87. The summed E-state index contributed by atoms with van der Waals surface area (Å²) >= 11 is 3.05. The van der Waals surface area contributed by atoms with Gasteiger partial charge in [-0.25, -0.2) is 8.78 Å². The Bertz CT molecular complexity index is 467. The van der Waals surface area contributed by atoms with Crippen LogP contribution in [0.4, 0.5) is 8.78 Å². The fraction of sp³-hybridized carbons (Fsp3) is 0.571. The molecule has 1 aromatic rings. The van der Waals surface area contributed by atoms with Crippen LogP contribution in [0.3, 0.4) is 0 Å². The first-order valence-electron chi connectivity index (χ1n) is 6.40. The number of fused-ring (bicyclic) bond motifs is 1. The van der Waals surface area contributed by atoms with Crippen molar-refractivity contribution >= 4 is 15.9 Å². The molecule has 4 heteroatoms. The van der Waals surface area contributed by atoms with Crippen LogP contribution in [0.1, 0.15) is 24.8 Å². The largest absolute Gasteiger partial charge is 0.392 e. The zero-order chi connectivity index (χ0) is 12.9. The van der Waals surface area contributed by atoms with Crippen molar-refractivity contribution in [2.75, 3.05) is 0 Å². The number of hydrogen-bond acceptors (Lipinski definition) is 1. The fourth-order valence-electron chi connectivity index (χ4n) is 3.55. The Morgan fingerprint density at radius 1 is 1.28 bits per heavy atom. The van der Waals surface area contributed by atoms with Crippen molar-refractivity contribution in [3.63, 3.8) is 0 Å². The fourth-order valence-corrected chi connectivity index (χ4v) is 3.92. The SMILES string of the molecule is OC(Cc1c(F)ccc(Br)c1F)C1C2CCCC21. The number of benzene rings is 1. The first-order valence-corrected chi connectivity index (χ1v) is 7.19. The minimum Gasteiger partial charge on any atom is -0.392 e. The summed E-state index contributed by atoms with van der Waals surface area (Å²) in [6, 6.07) is 2.59. The highest BCUT2D eigenvalue weighted by Crippen LogP contribution is 2.59. The van der Waals surface area contributed by atoms with Crippen LogP contribution in [0.5, 0.6) is 0 Å². The van der Waals surface area contributed by atoms with Crippen molar-refractivity contribution in [1.82, 2.24) is 0 Å². The lowest BCUT2D eigenvalue weighted by Gasteiger charge is -2.14. The molecule has 98 valence electrons. The van der Waals surface area contributed by atoms with Crippen LogP contribution in [0, 0.1) is 29.4 Å². The van der Waals surface area contributed by atoms with E-state index in [1.807, 2.05) is 0 Å². The summed E-state index contributed by atoms with van der Waals surface area (Å²) < 4.78 is 27.6. The van der Waals surface area contributed by atoms with Gasteiger partial charge in [0.2, 0.25) is 0 Å². The third-order valence-corrected chi connectivity index (χ3v) is 5.08. The molecule has 1 N–H and O–H groups in total. The molecule has 3 rings (SSSR count). The molecule has 2 aliphatic carbocycles. The quantitative estimate of drug-likeness (QED) is 0.843. The van der Waals surface area contributed by atoms with Crippen LogP contribution in [0.15, 0.2) is 16.6 Å². The van der Waals surface area contributed by atoms with Gasteiger partial charge in [0.1, 0.15) is 11.6 Å². The van der Waals surface area contributed by atoms with E-state index in [-0.39, 0.29) is 22.4 Å². The van der Waals surface area contributed by atoms with Gasteiger partial charge >= 0.3 is 0 Å². The molecule has 3 atom stereocenters. The normalized spacial score (nSPS) is 31.2. The summed E-state index contributed by atoms with van der Waals surface area (Å²) in [6.07, 6.45) is 3.03. The average Bonchev–Trinajstić information content (AvgIpc) is 2.83. The Balaban J connectivity index is 1.75. The second-order valence-electron chi connectivity index (χ2n) is 5.43. The molecule has 0 aliphatic heterocycles. The average molecular weight is 317 g/mol. The van der Waals surface area contributed by atoms with Crippen molar-refractivity contribution in [3.8, 4) is 0 Å². The summed E-state index contributed by atoms with van der Waals surface area (Å²) in [7, 11) is 0. The maximum absolute atomic E-state index is 13.8. The lowest BCUT2D eigenvalue weighted by Crippen LogP contribution is -2.18. The van der Waals surface area contributed by atoms with E-state index in [2.05, 4.69) is 15.9 Å². The molecular weight excluding hydrogens is 302 g/mol. The monoisotopic (exact) mass is 316 g/mol. The molecule has 2 aliphatic rings. The van der Waals surface area contributed by atoms with Crippen LogP contribution < -0.4 is 0 Å². The van der Waals surface area contributed by atoms with Crippen molar-refractivity contribution in [1.29, 1.82) is 0 Å². The Labute approximate surface area is 113 Å². The predicted octanol–water partition coefficient (Wildman–Crippen LogP) is 3.68. The summed E-state index contributed by atoms with van der Waals surface area (Å²) in [6.45, 7) is 0. The van der Waals surface area contributed by atoms with Crippen LogP contribution in [0.2, 0.25) is 0 Å². The molecule has 0 spiro atoms.